The summed E-state index contributed by atoms with van der Waals surface area (Å²) in [5.41, 5.74) is 0.414. The summed E-state index contributed by atoms with van der Waals surface area (Å²) < 4.78 is 49.7. The minimum Gasteiger partial charge on any atom is -0.318 e. The first-order valence-corrected chi connectivity index (χ1v) is 5.45. The van der Waals surface area contributed by atoms with Crippen LogP contribution in [0.5, 0.6) is 0 Å². The predicted molar refractivity (Wildman–Crippen MR) is 59.5 cm³/mol. The molecule has 0 spiro atoms. The highest BCUT2D eigenvalue weighted by molar-refractivity contribution is 5.05. The monoisotopic (exact) mass is 265 g/mol. The Hall–Kier alpha value is -1.21. The van der Waals surface area contributed by atoms with Gasteiger partial charge in [-0.3, -0.25) is 9.88 Å². The minimum atomic E-state index is -4.26. The number of alkyl halides is 3. The highest BCUT2D eigenvalue weighted by Crippen LogP contribution is 2.17. The van der Waals surface area contributed by atoms with Crippen molar-refractivity contribution in [1.29, 1.82) is 0 Å². The van der Waals surface area contributed by atoms with Crippen LogP contribution in [0.4, 0.5) is 17.6 Å². The molecule has 0 radical (unpaired) electrons. The Balaban J connectivity index is 2.62. The lowest BCUT2D eigenvalue weighted by molar-refractivity contribution is -0.147. The number of aromatic nitrogens is 1. The maximum atomic E-state index is 12.6. The third-order valence-corrected chi connectivity index (χ3v) is 2.26. The summed E-state index contributed by atoms with van der Waals surface area (Å²) in [5, 5.41) is 2.79. The van der Waals surface area contributed by atoms with Gasteiger partial charge in [0.25, 0.3) is 0 Å². The molecule has 1 N–H and O–H groups in total. The Kier molecular flexibility index (Phi) is 5.49. The molecule has 1 rings (SSSR count). The lowest BCUT2D eigenvalue weighted by Crippen LogP contribution is -2.37. The van der Waals surface area contributed by atoms with E-state index in [-0.39, 0.29) is 13.1 Å². The van der Waals surface area contributed by atoms with Crippen molar-refractivity contribution in [2.75, 3.05) is 26.7 Å². The van der Waals surface area contributed by atoms with Crippen LogP contribution in [0.2, 0.25) is 0 Å². The molecule has 18 heavy (non-hydrogen) atoms. The van der Waals surface area contributed by atoms with E-state index in [9.17, 15) is 17.6 Å². The van der Waals surface area contributed by atoms with Gasteiger partial charge >= 0.3 is 6.18 Å². The third-order valence-electron chi connectivity index (χ3n) is 2.26. The molecule has 1 aromatic heterocycles. The van der Waals surface area contributed by atoms with E-state index < -0.39 is 18.5 Å². The molecule has 0 aliphatic heterocycles. The molecule has 0 fully saturated rings. The normalized spacial score (nSPS) is 12.1. The van der Waals surface area contributed by atoms with Crippen molar-refractivity contribution in [2.45, 2.75) is 12.7 Å². The SMILES string of the molecule is CNCCN(Cc1ccc(F)cn1)CC(F)(F)F. The number of nitrogens with one attached hydrogen (secondary N) is 1. The van der Waals surface area contributed by atoms with Crippen LogP contribution in [0.25, 0.3) is 0 Å². The molecule has 102 valence electrons. The molecule has 7 heteroatoms. The van der Waals surface area contributed by atoms with Crippen molar-refractivity contribution in [1.82, 2.24) is 15.2 Å². The summed E-state index contributed by atoms with van der Waals surface area (Å²) in [6, 6.07) is 2.57. The average molecular weight is 265 g/mol. The number of halogens is 4. The van der Waals surface area contributed by atoms with Gasteiger partial charge in [-0.2, -0.15) is 13.2 Å². The van der Waals surface area contributed by atoms with Crippen LogP contribution >= 0.6 is 0 Å². The third kappa shape index (κ3) is 5.92. The van der Waals surface area contributed by atoms with E-state index in [1.54, 1.807) is 7.05 Å². The van der Waals surface area contributed by atoms with Gasteiger partial charge in [-0.25, -0.2) is 4.39 Å². The molecular formula is C11H15F4N3. The van der Waals surface area contributed by atoms with Gasteiger partial charge in [0.15, 0.2) is 0 Å². The Labute approximate surface area is 103 Å². The standard InChI is InChI=1S/C11H15F4N3/c1-16-4-5-18(8-11(13,14)15)7-10-3-2-9(12)6-17-10/h2-3,6,16H,4-5,7-8H2,1H3. The first kappa shape index (κ1) is 14.8. The second-order valence-electron chi connectivity index (χ2n) is 3.90. The van der Waals surface area contributed by atoms with Crippen molar-refractivity contribution in [3.8, 4) is 0 Å². The van der Waals surface area contributed by atoms with Crippen LogP contribution in [0, 0.1) is 5.82 Å². The predicted octanol–water partition coefficient (Wildman–Crippen LogP) is 1.80. The molecule has 0 saturated heterocycles. The van der Waals surface area contributed by atoms with Gasteiger partial charge < -0.3 is 5.32 Å². The van der Waals surface area contributed by atoms with E-state index in [4.69, 9.17) is 0 Å². The molecule has 0 aliphatic carbocycles. The van der Waals surface area contributed by atoms with Crippen molar-refractivity contribution >= 4 is 0 Å². The van der Waals surface area contributed by atoms with Gasteiger partial charge in [0.2, 0.25) is 0 Å². The lowest BCUT2D eigenvalue weighted by Gasteiger charge is -2.23. The zero-order valence-corrected chi connectivity index (χ0v) is 9.97. The van der Waals surface area contributed by atoms with Crippen LogP contribution in [0.1, 0.15) is 5.69 Å². The van der Waals surface area contributed by atoms with Gasteiger partial charge in [-0.15, -0.1) is 0 Å². The number of hydrogen-bond acceptors (Lipinski definition) is 3. The minimum absolute atomic E-state index is 0.0431. The van der Waals surface area contributed by atoms with Gasteiger partial charge in [0, 0.05) is 19.6 Å². The largest absolute Gasteiger partial charge is 0.401 e. The summed E-state index contributed by atoms with van der Waals surface area (Å²) in [4.78, 5) is 4.97. The van der Waals surface area contributed by atoms with Gasteiger partial charge in [-0.05, 0) is 19.2 Å². The maximum absolute atomic E-state index is 12.6. The van der Waals surface area contributed by atoms with E-state index in [1.807, 2.05) is 0 Å². The van der Waals surface area contributed by atoms with Crippen LogP contribution in [0.15, 0.2) is 18.3 Å². The number of likely N-dealkylation sites (N-methyl/N-ethyl adjacent to an activating group) is 1. The van der Waals surface area contributed by atoms with Crippen LogP contribution in [0.3, 0.4) is 0 Å². The molecular weight excluding hydrogens is 250 g/mol. The lowest BCUT2D eigenvalue weighted by atomic mass is 10.3. The molecule has 0 saturated carbocycles. The van der Waals surface area contributed by atoms with Gasteiger partial charge in [0.1, 0.15) is 5.82 Å². The molecule has 0 unspecified atom stereocenters. The summed E-state index contributed by atoms with van der Waals surface area (Å²) in [6.07, 6.45) is -3.26. The number of pyridine rings is 1. The molecule has 1 heterocycles. The van der Waals surface area contributed by atoms with Gasteiger partial charge in [0.05, 0.1) is 18.4 Å². The average Bonchev–Trinajstić information content (AvgIpc) is 2.27. The zero-order chi connectivity index (χ0) is 13.6. The zero-order valence-electron chi connectivity index (χ0n) is 9.97. The molecule has 0 bridgehead atoms. The Bertz CT molecular complexity index is 350. The molecule has 3 nitrogen and oxygen atoms in total. The molecule has 0 aliphatic rings. The van der Waals surface area contributed by atoms with Crippen molar-refractivity contribution in [3.63, 3.8) is 0 Å². The fraction of sp³-hybridized carbons (Fsp3) is 0.545. The fourth-order valence-corrected chi connectivity index (χ4v) is 1.47. The number of hydrogen-bond donors (Lipinski definition) is 1. The van der Waals surface area contributed by atoms with E-state index in [0.717, 1.165) is 6.20 Å². The van der Waals surface area contributed by atoms with Crippen molar-refractivity contribution in [3.05, 3.63) is 29.8 Å². The summed E-state index contributed by atoms with van der Waals surface area (Å²) in [6.45, 7) is -0.276. The molecule has 1 aromatic rings. The first-order valence-electron chi connectivity index (χ1n) is 5.45. The summed E-state index contributed by atoms with van der Waals surface area (Å²) >= 11 is 0. The Morgan fingerprint density at radius 2 is 2.06 bits per heavy atom. The molecule has 0 atom stereocenters. The Morgan fingerprint density at radius 1 is 1.33 bits per heavy atom. The van der Waals surface area contributed by atoms with Gasteiger partial charge in [-0.1, -0.05) is 0 Å². The highest BCUT2D eigenvalue weighted by atomic mass is 19.4. The quantitative estimate of drug-likeness (QED) is 0.795. The van der Waals surface area contributed by atoms with Crippen LogP contribution in [-0.2, 0) is 6.54 Å². The summed E-state index contributed by atoms with van der Waals surface area (Å²) in [7, 11) is 1.67. The van der Waals surface area contributed by atoms with E-state index in [1.165, 1.54) is 17.0 Å². The summed E-state index contributed by atoms with van der Waals surface area (Å²) in [5.74, 6) is -0.503. The van der Waals surface area contributed by atoms with E-state index >= 15 is 0 Å². The topological polar surface area (TPSA) is 28.2 Å². The van der Waals surface area contributed by atoms with Crippen molar-refractivity contribution < 1.29 is 17.6 Å². The van der Waals surface area contributed by atoms with E-state index in [2.05, 4.69) is 10.3 Å². The molecule has 0 amide bonds. The number of nitrogens with zero attached hydrogens (tertiary/aromatic N) is 2. The van der Waals surface area contributed by atoms with Crippen molar-refractivity contribution in [2.24, 2.45) is 0 Å². The second kappa shape index (κ2) is 6.65. The fourth-order valence-electron chi connectivity index (χ4n) is 1.47. The maximum Gasteiger partial charge on any atom is 0.401 e. The van der Waals surface area contributed by atoms with Crippen LogP contribution in [-0.4, -0.2) is 42.7 Å². The molecule has 0 aromatic carbocycles. The van der Waals surface area contributed by atoms with E-state index in [0.29, 0.717) is 12.2 Å². The first-order chi connectivity index (χ1) is 8.40. The smallest absolute Gasteiger partial charge is 0.318 e. The number of rotatable bonds is 6. The van der Waals surface area contributed by atoms with Crippen LogP contribution < -0.4 is 5.32 Å². The Morgan fingerprint density at radius 3 is 2.56 bits per heavy atom. The second-order valence-corrected chi connectivity index (χ2v) is 3.90. The highest BCUT2D eigenvalue weighted by Gasteiger charge is 2.30.